The molecule has 0 bridgehead atoms. The first-order valence-corrected chi connectivity index (χ1v) is 7.39. The fourth-order valence-corrected chi connectivity index (χ4v) is 1.67. The van der Waals surface area contributed by atoms with Crippen LogP contribution in [0.2, 0.25) is 0 Å². The van der Waals surface area contributed by atoms with E-state index in [0.29, 0.717) is 0 Å². The summed E-state index contributed by atoms with van der Waals surface area (Å²) in [4.78, 5) is 2.47. The maximum absolute atomic E-state index is 12.6. The molecule has 0 heterocycles. The molecule has 0 unspecified atom stereocenters. The van der Waals surface area contributed by atoms with Crippen LogP contribution in [0.15, 0.2) is 5.11 Å². The van der Waals surface area contributed by atoms with E-state index in [1.54, 1.807) is 0 Å². The second-order valence-corrected chi connectivity index (χ2v) is 4.81. The minimum atomic E-state index is -6.77. The summed E-state index contributed by atoms with van der Waals surface area (Å²) in [6.45, 7) is -2.64. The van der Waals surface area contributed by atoms with Crippen LogP contribution in [0.4, 0.5) is 39.5 Å². The first-order valence-electron chi connectivity index (χ1n) is 7.39. The molecular weight excluding hydrogens is 421 g/mol. The van der Waals surface area contributed by atoms with Gasteiger partial charge in [0.2, 0.25) is 0 Å². The lowest BCUT2D eigenvalue weighted by Gasteiger charge is -2.37. The van der Waals surface area contributed by atoms with Crippen LogP contribution in [0, 0.1) is 0 Å². The number of alkyl halides is 9. The molecule has 0 amide bonds. The predicted octanol–water partition coefficient (Wildman–Crippen LogP) is 3.79. The number of ether oxygens (including phenoxy) is 4. The summed E-state index contributed by atoms with van der Waals surface area (Å²) in [5.41, 5.74) is 1.67. The Hall–Kier alpha value is -1.48. The lowest BCUT2D eigenvalue weighted by Crippen LogP contribution is -2.68. The van der Waals surface area contributed by atoms with Crippen molar-refractivity contribution in [3.63, 3.8) is 0 Å². The molecule has 0 aliphatic carbocycles. The van der Waals surface area contributed by atoms with Crippen molar-refractivity contribution >= 4 is 0 Å². The van der Waals surface area contributed by atoms with Crippen molar-refractivity contribution in [2.75, 3.05) is 52.8 Å². The van der Waals surface area contributed by atoms with Gasteiger partial charge in [0, 0.05) is 11.5 Å². The molecule has 28 heavy (non-hydrogen) atoms. The van der Waals surface area contributed by atoms with Gasteiger partial charge in [0.05, 0.1) is 46.2 Å². The molecule has 0 saturated heterocycles. The summed E-state index contributed by atoms with van der Waals surface area (Å²) in [5.74, 6) is 0. The summed E-state index contributed by atoms with van der Waals surface area (Å²) in [6, 6.07) is 0. The minimum absolute atomic E-state index is 0.0511. The van der Waals surface area contributed by atoms with Crippen LogP contribution in [0.3, 0.4) is 0 Å². The van der Waals surface area contributed by atoms with Gasteiger partial charge in [-0.2, -0.15) is 39.5 Å². The standard InChI is InChI=1S/C12H16F9N3O4/c13-10(14,15)9(11(16,17)18,12(19,20)21)28-8-7-27-6-5-26-4-3-25-2-1-23-24-22/h1-8H2. The van der Waals surface area contributed by atoms with Crippen LogP contribution in [-0.4, -0.2) is 76.9 Å². The zero-order valence-corrected chi connectivity index (χ0v) is 14.0. The number of rotatable bonds is 13. The summed E-state index contributed by atoms with van der Waals surface area (Å²) in [5, 5.41) is 3.18. The Labute approximate surface area is 152 Å². The van der Waals surface area contributed by atoms with Crippen molar-refractivity contribution in [1.29, 1.82) is 0 Å². The van der Waals surface area contributed by atoms with Crippen LogP contribution >= 0.6 is 0 Å². The third-order valence-electron chi connectivity index (χ3n) is 2.89. The van der Waals surface area contributed by atoms with E-state index < -0.39 is 37.3 Å². The second-order valence-electron chi connectivity index (χ2n) is 4.81. The van der Waals surface area contributed by atoms with E-state index in [1.165, 1.54) is 0 Å². The quantitative estimate of drug-likeness (QED) is 0.144. The SMILES string of the molecule is [N-]=[N+]=NCCOCCOCCOCCOC(C(F)(F)F)(C(F)(F)F)C(F)(F)F. The van der Waals surface area contributed by atoms with Gasteiger partial charge in [0.1, 0.15) is 0 Å². The maximum Gasteiger partial charge on any atom is 0.435 e. The number of halogens is 9. The van der Waals surface area contributed by atoms with Crippen LogP contribution < -0.4 is 0 Å². The van der Waals surface area contributed by atoms with Crippen molar-refractivity contribution < 1.29 is 58.5 Å². The third-order valence-corrected chi connectivity index (χ3v) is 2.89. The Balaban J connectivity index is 4.23. The number of hydrogen-bond acceptors (Lipinski definition) is 5. The molecule has 0 aromatic heterocycles. The molecule has 0 fully saturated rings. The van der Waals surface area contributed by atoms with E-state index in [2.05, 4.69) is 19.5 Å². The molecular formula is C12H16F9N3O4. The van der Waals surface area contributed by atoms with Crippen molar-refractivity contribution in [3.8, 4) is 0 Å². The van der Waals surface area contributed by atoms with Gasteiger partial charge in [-0.3, -0.25) is 0 Å². The van der Waals surface area contributed by atoms with Crippen LogP contribution in [0.1, 0.15) is 0 Å². The van der Waals surface area contributed by atoms with E-state index in [9.17, 15) is 39.5 Å². The first kappa shape index (κ1) is 26.5. The van der Waals surface area contributed by atoms with Gasteiger partial charge in [-0.1, -0.05) is 5.11 Å². The summed E-state index contributed by atoms with van der Waals surface area (Å²) in [6.07, 6.45) is -20.3. The average molecular weight is 437 g/mol. The molecule has 0 saturated carbocycles. The molecule has 0 aliphatic heterocycles. The van der Waals surface area contributed by atoms with Gasteiger partial charge >= 0.3 is 24.1 Å². The Morgan fingerprint density at radius 3 is 1.32 bits per heavy atom. The lowest BCUT2D eigenvalue weighted by molar-refractivity contribution is -0.457. The number of nitrogens with zero attached hydrogens (tertiary/aromatic N) is 3. The first-order chi connectivity index (χ1) is 12.8. The van der Waals surface area contributed by atoms with Crippen LogP contribution in [0.5, 0.6) is 0 Å². The molecule has 0 atom stereocenters. The fraction of sp³-hybridized carbons (Fsp3) is 1.00. The number of azide groups is 1. The highest BCUT2D eigenvalue weighted by atomic mass is 19.4. The maximum atomic E-state index is 12.6. The molecule has 0 aromatic carbocycles. The minimum Gasteiger partial charge on any atom is -0.379 e. The van der Waals surface area contributed by atoms with Gasteiger partial charge in [0.15, 0.2) is 0 Å². The monoisotopic (exact) mass is 437 g/mol. The molecule has 0 spiro atoms. The van der Waals surface area contributed by atoms with E-state index >= 15 is 0 Å². The lowest BCUT2D eigenvalue weighted by atomic mass is 10.0. The highest BCUT2D eigenvalue weighted by Crippen LogP contribution is 2.54. The average Bonchev–Trinajstić information content (AvgIpc) is 2.51. The van der Waals surface area contributed by atoms with Crippen molar-refractivity contribution in [2.45, 2.75) is 24.1 Å². The molecule has 166 valence electrons. The number of hydrogen-bond donors (Lipinski definition) is 0. The Kier molecular flexibility index (Phi) is 10.9. The molecule has 7 nitrogen and oxygen atoms in total. The Bertz CT molecular complexity index is 454. The highest BCUT2D eigenvalue weighted by Gasteiger charge is 2.85. The molecule has 0 rings (SSSR count). The molecule has 16 heteroatoms. The van der Waals surface area contributed by atoms with Gasteiger partial charge in [-0.05, 0) is 5.53 Å². The van der Waals surface area contributed by atoms with Crippen LogP contribution in [-0.2, 0) is 18.9 Å². The third kappa shape index (κ3) is 7.87. The Morgan fingerprint density at radius 2 is 0.964 bits per heavy atom. The van der Waals surface area contributed by atoms with Gasteiger partial charge in [0.25, 0.3) is 0 Å². The Morgan fingerprint density at radius 1 is 0.607 bits per heavy atom. The van der Waals surface area contributed by atoms with E-state index in [1.807, 2.05) is 0 Å². The normalized spacial score (nSPS) is 13.5. The topological polar surface area (TPSA) is 85.7 Å². The smallest absolute Gasteiger partial charge is 0.379 e. The molecule has 0 aliphatic rings. The van der Waals surface area contributed by atoms with Gasteiger partial charge in [-0.25, -0.2) is 0 Å². The van der Waals surface area contributed by atoms with E-state index in [4.69, 9.17) is 15.0 Å². The largest absolute Gasteiger partial charge is 0.435 e. The van der Waals surface area contributed by atoms with Crippen molar-refractivity contribution in [3.05, 3.63) is 10.4 Å². The highest BCUT2D eigenvalue weighted by molar-refractivity contribution is 5.02. The zero-order valence-electron chi connectivity index (χ0n) is 14.0. The predicted molar refractivity (Wildman–Crippen MR) is 73.3 cm³/mol. The summed E-state index contributed by atoms with van der Waals surface area (Å²) >= 11 is 0. The van der Waals surface area contributed by atoms with E-state index in [-0.39, 0.29) is 39.6 Å². The van der Waals surface area contributed by atoms with Gasteiger partial charge in [-0.15, -0.1) is 0 Å². The summed E-state index contributed by atoms with van der Waals surface area (Å²) < 4.78 is 131. The van der Waals surface area contributed by atoms with Crippen molar-refractivity contribution in [1.82, 2.24) is 0 Å². The van der Waals surface area contributed by atoms with Crippen LogP contribution in [0.25, 0.3) is 10.4 Å². The van der Waals surface area contributed by atoms with E-state index in [0.717, 1.165) is 0 Å². The molecule has 0 radical (unpaired) electrons. The summed E-state index contributed by atoms with van der Waals surface area (Å²) in [7, 11) is 0. The fourth-order valence-electron chi connectivity index (χ4n) is 1.67. The molecule has 0 aromatic rings. The van der Waals surface area contributed by atoms with Crippen molar-refractivity contribution in [2.24, 2.45) is 5.11 Å². The molecule has 0 N–H and O–H groups in total. The zero-order chi connectivity index (χ0) is 21.9. The second kappa shape index (κ2) is 11.5. The van der Waals surface area contributed by atoms with Gasteiger partial charge < -0.3 is 18.9 Å².